The standard InChI is InChI=1S/C19H15ClN4O4S/c1-23-17(26)15-14(9-5-3-4-6-11(9)20)10(8-21)16(22)24-18(27)12(29-19(15)24)7-13(25)28-2/h3-7,14H,22H2,1-2H3,(H,23,26). The number of benzene rings is 1. The molecule has 3 N–H and O–H groups in total. The van der Waals surface area contributed by atoms with Crippen molar-refractivity contribution in [2.45, 2.75) is 5.92 Å². The molecular formula is C19H15ClN4O4S. The molecule has 3 rings (SSSR count). The molecule has 0 aliphatic carbocycles. The van der Waals surface area contributed by atoms with Gasteiger partial charge in [0.15, 0.2) is 0 Å². The summed E-state index contributed by atoms with van der Waals surface area (Å²) in [7, 11) is 2.62. The summed E-state index contributed by atoms with van der Waals surface area (Å²) in [5, 5.41) is 12.7. The quantitative estimate of drug-likeness (QED) is 0.652. The number of hydrogen-bond donors (Lipinski definition) is 2. The smallest absolute Gasteiger partial charge is 0.332 e. The molecule has 0 radical (unpaired) electrons. The van der Waals surface area contributed by atoms with Crippen molar-refractivity contribution in [2.75, 3.05) is 14.2 Å². The van der Waals surface area contributed by atoms with E-state index in [9.17, 15) is 19.6 Å². The maximum atomic E-state index is 12.8. The average Bonchev–Trinajstić information content (AvgIpc) is 3.03. The number of methoxy groups -OCH3 is 1. The highest BCUT2D eigenvalue weighted by Gasteiger charge is 2.36. The third-order valence-corrected chi connectivity index (χ3v) is 5.86. The predicted octanol–water partition coefficient (Wildman–Crippen LogP) is -0.138. The Balaban J connectivity index is 2.52. The number of allylic oxidation sites excluding steroid dienone is 1. The number of ether oxygens (including phenoxy) is 1. The van der Waals surface area contributed by atoms with Crippen LogP contribution in [0.4, 0.5) is 0 Å². The molecule has 1 aromatic carbocycles. The number of carbonyl (C=O) groups is 2. The van der Waals surface area contributed by atoms with Crippen molar-refractivity contribution in [3.8, 4) is 6.07 Å². The number of aromatic nitrogens is 1. The highest BCUT2D eigenvalue weighted by Crippen LogP contribution is 2.39. The van der Waals surface area contributed by atoms with Crippen LogP contribution in [0.3, 0.4) is 0 Å². The number of fused-ring (bicyclic) bond motifs is 1. The number of nitrogens with one attached hydrogen (secondary N) is 1. The van der Waals surface area contributed by atoms with Crippen molar-refractivity contribution in [3.05, 3.63) is 60.0 Å². The number of nitrogens with two attached hydrogens (primary N) is 1. The van der Waals surface area contributed by atoms with Crippen LogP contribution in [-0.4, -0.2) is 30.6 Å². The lowest BCUT2D eigenvalue weighted by molar-refractivity contribution is -0.133. The zero-order chi connectivity index (χ0) is 21.3. The Hall–Kier alpha value is -3.35. The SMILES string of the molecule is CNC(=O)C1=c2sc(=CC(=O)OC)c(=O)n2C(N)=C(C#N)C1c1ccccc1Cl. The molecule has 148 valence electrons. The van der Waals surface area contributed by atoms with E-state index in [1.54, 1.807) is 24.3 Å². The third kappa shape index (κ3) is 3.33. The Morgan fingerprint density at radius 1 is 1.41 bits per heavy atom. The lowest BCUT2D eigenvalue weighted by Crippen LogP contribution is -2.41. The van der Waals surface area contributed by atoms with Gasteiger partial charge in [-0.2, -0.15) is 5.26 Å². The molecule has 2 aromatic rings. The summed E-state index contributed by atoms with van der Waals surface area (Å²) in [6, 6.07) is 8.77. The van der Waals surface area contributed by atoms with Crippen LogP contribution in [-0.2, 0) is 14.3 Å². The molecular weight excluding hydrogens is 416 g/mol. The minimum Gasteiger partial charge on any atom is -0.466 e. The molecule has 8 nitrogen and oxygen atoms in total. The number of thiazole rings is 1. The normalized spacial score (nSPS) is 16.3. The van der Waals surface area contributed by atoms with Crippen LogP contribution in [0.5, 0.6) is 0 Å². The van der Waals surface area contributed by atoms with Crippen LogP contribution in [0.1, 0.15) is 11.5 Å². The van der Waals surface area contributed by atoms with Crippen molar-refractivity contribution in [2.24, 2.45) is 5.73 Å². The van der Waals surface area contributed by atoms with E-state index in [-0.39, 0.29) is 26.2 Å². The number of nitrogens with zero attached hydrogens (tertiary/aromatic N) is 2. The number of carbonyl (C=O) groups excluding carboxylic acids is 2. The first-order valence-corrected chi connectivity index (χ1v) is 9.47. The lowest BCUT2D eigenvalue weighted by atomic mass is 9.83. The van der Waals surface area contributed by atoms with Crippen molar-refractivity contribution in [1.82, 2.24) is 9.88 Å². The molecule has 0 saturated heterocycles. The summed E-state index contributed by atoms with van der Waals surface area (Å²) in [6.45, 7) is 0. The zero-order valence-electron chi connectivity index (χ0n) is 15.4. The first kappa shape index (κ1) is 20.4. The van der Waals surface area contributed by atoms with Gasteiger partial charge in [0.1, 0.15) is 15.0 Å². The second kappa shape index (κ2) is 7.95. The maximum absolute atomic E-state index is 12.8. The van der Waals surface area contributed by atoms with E-state index < -0.39 is 23.4 Å². The summed E-state index contributed by atoms with van der Waals surface area (Å²) in [6.07, 6.45) is 1.02. The fourth-order valence-electron chi connectivity index (χ4n) is 3.09. The summed E-state index contributed by atoms with van der Waals surface area (Å²) in [4.78, 5) is 37.3. The highest BCUT2D eigenvalue weighted by atomic mass is 35.5. The molecule has 1 aromatic heterocycles. The van der Waals surface area contributed by atoms with Crippen LogP contribution < -0.4 is 25.8 Å². The van der Waals surface area contributed by atoms with E-state index in [4.69, 9.17) is 17.3 Å². The topological polar surface area (TPSA) is 127 Å². The van der Waals surface area contributed by atoms with Gasteiger partial charge < -0.3 is 15.8 Å². The van der Waals surface area contributed by atoms with Gasteiger partial charge in [-0.05, 0) is 11.6 Å². The molecule has 0 bridgehead atoms. The van der Waals surface area contributed by atoms with Gasteiger partial charge in [0, 0.05) is 18.1 Å². The van der Waals surface area contributed by atoms with Crippen molar-refractivity contribution >= 4 is 52.3 Å². The van der Waals surface area contributed by atoms with Crippen molar-refractivity contribution in [3.63, 3.8) is 0 Å². The predicted molar refractivity (Wildman–Crippen MR) is 109 cm³/mol. The number of nitriles is 1. The fraction of sp³-hybridized carbons (Fsp3) is 0.158. The Labute approximate surface area is 173 Å². The largest absolute Gasteiger partial charge is 0.466 e. The first-order valence-electron chi connectivity index (χ1n) is 8.28. The highest BCUT2D eigenvalue weighted by molar-refractivity contribution is 7.07. The van der Waals surface area contributed by atoms with E-state index in [0.29, 0.717) is 10.6 Å². The minimum absolute atomic E-state index is 0.00807. The average molecular weight is 431 g/mol. The molecule has 1 aliphatic heterocycles. The molecule has 1 atom stereocenters. The molecule has 29 heavy (non-hydrogen) atoms. The van der Waals surface area contributed by atoms with Crippen LogP contribution in [0, 0.1) is 11.3 Å². The Morgan fingerprint density at radius 2 is 2.10 bits per heavy atom. The Morgan fingerprint density at radius 3 is 2.69 bits per heavy atom. The van der Waals surface area contributed by atoms with Gasteiger partial charge in [-0.1, -0.05) is 29.8 Å². The van der Waals surface area contributed by atoms with Gasteiger partial charge in [0.2, 0.25) is 0 Å². The van der Waals surface area contributed by atoms with Gasteiger partial charge in [0.25, 0.3) is 11.5 Å². The number of rotatable bonds is 3. The summed E-state index contributed by atoms with van der Waals surface area (Å²) < 4.78 is 5.88. The second-order valence-corrected chi connectivity index (χ2v) is 7.38. The van der Waals surface area contributed by atoms with Gasteiger partial charge in [-0.3, -0.25) is 14.2 Å². The molecule has 0 saturated carbocycles. The Kier molecular flexibility index (Phi) is 5.59. The molecule has 0 spiro atoms. The van der Waals surface area contributed by atoms with Crippen molar-refractivity contribution < 1.29 is 14.3 Å². The Bertz CT molecular complexity index is 1280. The second-order valence-electron chi connectivity index (χ2n) is 5.94. The van der Waals surface area contributed by atoms with Crippen LogP contribution >= 0.6 is 22.9 Å². The van der Waals surface area contributed by atoms with Crippen LogP contribution in [0.2, 0.25) is 5.02 Å². The fourth-order valence-corrected chi connectivity index (χ4v) is 4.47. The monoisotopic (exact) mass is 430 g/mol. The van der Waals surface area contributed by atoms with E-state index >= 15 is 0 Å². The zero-order valence-corrected chi connectivity index (χ0v) is 16.9. The summed E-state index contributed by atoms with van der Waals surface area (Å²) in [5.41, 5.74) is 6.19. The van der Waals surface area contributed by atoms with Crippen LogP contribution in [0.25, 0.3) is 17.5 Å². The van der Waals surface area contributed by atoms with E-state index in [1.165, 1.54) is 14.2 Å². The van der Waals surface area contributed by atoms with Gasteiger partial charge in [-0.15, -0.1) is 11.3 Å². The summed E-state index contributed by atoms with van der Waals surface area (Å²) >= 11 is 7.25. The maximum Gasteiger partial charge on any atom is 0.332 e. The molecule has 1 aliphatic rings. The van der Waals surface area contributed by atoms with Crippen LogP contribution in [0.15, 0.2) is 34.6 Å². The van der Waals surface area contributed by atoms with Gasteiger partial charge in [-0.25, -0.2) is 4.79 Å². The molecule has 1 amide bonds. The number of esters is 1. The van der Waals surface area contributed by atoms with E-state index in [1.807, 2.05) is 6.07 Å². The van der Waals surface area contributed by atoms with E-state index in [0.717, 1.165) is 22.0 Å². The minimum atomic E-state index is -0.877. The molecule has 0 fully saturated rings. The third-order valence-electron chi connectivity index (χ3n) is 4.41. The summed E-state index contributed by atoms with van der Waals surface area (Å²) in [5.74, 6) is -2.23. The number of halogens is 1. The molecule has 10 heteroatoms. The van der Waals surface area contributed by atoms with Gasteiger partial charge >= 0.3 is 5.97 Å². The lowest BCUT2D eigenvalue weighted by Gasteiger charge is -2.25. The molecule has 1 unspecified atom stereocenters. The number of hydrogen-bond acceptors (Lipinski definition) is 7. The van der Waals surface area contributed by atoms with Gasteiger partial charge in [0.05, 0.1) is 30.2 Å². The number of amides is 1. The first-order chi connectivity index (χ1) is 13.8. The van der Waals surface area contributed by atoms with E-state index in [2.05, 4.69) is 10.1 Å². The molecule has 2 heterocycles. The van der Waals surface area contributed by atoms with Crippen molar-refractivity contribution in [1.29, 1.82) is 5.26 Å².